The van der Waals surface area contributed by atoms with E-state index >= 15 is 4.39 Å². The van der Waals surface area contributed by atoms with Gasteiger partial charge in [0.2, 0.25) is 11.8 Å². The summed E-state index contributed by atoms with van der Waals surface area (Å²) < 4.78 is 31.2. The summed E-state index contributed by atoms with van der Waals surface area (Å²) in [6, 6.07) is 27.0. The Morgan fingerprint density at radius 3 is 2.42 bits per heavy atom. The van der Waals surface area contributed by atoms with Crippen molar-refractivity contribution < 1.29 is 33.0 Å². The quantitative estimate of drug-likeness (QED) is 0.0603. The predicted octanol–water partition coefficient (Wildman–Crippen LogP) is 10.9. The van der Waals surface area contributed by atoms with Crippen LogP contribution in [0.3, 0.4) is 0 Å². The monoisotopic (exact) mass is 1070 g/mol. The van der Waals surface area contributed by atoms with Gasteiger partial charge in [0, 0.05) is 69.3 Å². The van der Waals surface area contributed by atoms with Crippen molar-refractivity contribution >= 4 is 72.8 Å². The van der Waals surface area contributed by atoms with Gasteiger partial charge in [-0.1, -0.05) is 60.6 Å². The molecule has 1 atom stereocenters. The highest BCUT2D eigenvalue weighted by atomic mass is 32.1. The van der Waals surface area contributed by atoms with Crippen LogP contribution in [0.1, 0.15) is 128 Å². The molecule has 4 aromatic carbocycles. The summed E-state index contributed by atoms with van der Waals surface area (Å²) in [5, 5.41) is 11.2. The van der Waals surface area contributed by atoms with Crippen LogP contribution in [0.15, 0.2) is 84.9 Å². The molecule has 1 aliphatic carbocycles. The van der Waals surface area contributed by atoms with Crippen LogP contribution in [0.25, 0.3) is 32.2 Å². The standard InChI is InChI=1S/C61H68FN9O6S/c1-37-41(42-23-25-53(64-56(42)59(75)77-61(2,3)4)71-29-27-39-13-10-15-43(46(39)36-71)57(73)66-60-63-48-16-6-7-18-52(48)78-60)14-11-17-51(37)76-40-21-19-38(20-22-40)12-8-9-28-69-30-32-70(33-31-69)50-35-49-45(34-47(50)62)55(67-68(49)5)44-24-26-54(72)65-58(44)74/h6-7,10-11,13-18,23,25,34-35,38,40,44H,8-9,12,19-22,24,26-33,36H2,1-5H3,(H,63,66,73)(H,65,72,74)/t38-,40-,44?. The molecule has 7 aromatic rings. The second-order valence-corrected chi connectivity index (χ2v) is 23.5. The minimum atomic E-state index is -0.741. The fourth-order valence-corrected chi connectivity index (χ4v) is 12.7. The minimum Gasteiger partial charge on any atom is -0.490 e. The van der Waals surface area contributed by atoms with Crippen molar-refractivity contribution in [2.45, 2.75) is 116 Å². The molecule has 4 aliphatic rings. The number of fused-ring (bicyclic) bond motifs is 3. The van der Waals surface area contributed by atoms with E-state index in [-0.39, 0.29) is 41.8 Å². The van der Waals surface area contributed by atoms with Gasteiger partial charge in [-0.3, -0.25) is 34.6 Å². The van der Waals surface area contributed by atoms with E-state index in [9.17, 15) is 19.2 Å². The Hall–Kier alpha value is -7.24. The number of rotatable bonds is 14. The molecule has 0 bridgehead atoms. The number of piperidine rings is 1. The van der Waals surface area contributed by atoms with Crippen LogP contribution in [-0.2, 0) is 34.3 Å². The number of benzene rings is 4. The summed E-state index contributed by atoms with van der Waals surface area (Å²) in [5.74, 6) is -0.173. The van der Waals surface area contributed by atoms with Gasteiger partial charge in [0.1, 0.15) is 23.0 Å². The van der Waals surface area contributed by atoms with Gasteiger partial charge in [0.05, 0.1) is 39.1 Å². The molecule has 1 unspecified atom stereocenters. The van der Waals surface area contributed by atoms with Crippen LogP contribution in [-0.4, -0.2) is 99.3 Å². The fraction of sp³-hybridized carbons (Fsp3) is 0.426. The van der Waals surface area contributed by atoms with E-state index in [4.69, 9.17) is 14.5 Å². The number of para-hydroxylation sites is 1. The Morgan fingerprint density at radius 2 is 1.64 bits per heavy atom. The zero-order valence-corrected chi connectivity index (χ0v) is 46.0. The van der Waals surface area contributed by atoms with Crippen molar-refractivity contribution in [1.29, 1.82) is 0 Å². The number of pyridine rings is 1. The highest BCUT2D eigenvalue weighted by Gasteiger charge is 2.34. The number of aryl methyl sites for hydroxylation is 1. The number of anilines is 3. The zero-order chi connectivity index (χ0) is 54.2. The van der Waals surface area contributed by atoms with E-state index in [0.717, 1.165) is 109 Å². The predicted molar refractivity (Wildman–Crippen MR) is 303 cm³/mol. The average Bonchev–Trinajstić information content (AvgIpc) is 4.11. The van der Waals surface area contributed by atoms with Gasteiger partial charge >= 0.3 is 5.97 Å². The lowest BCUT2D eigenvalue weighted by molar-refractivity contribution is -0.134. The summed E-state index contributed by atoms with van der Waals surface area (Å²) in [6.07, 6.45) is 9.12. The maximum Gasteiger partial charge on any atom is 0.358 e. The molecular formula is C61H68FN9O6S. The molecule has 3 fully saturated rings. The molecule has 0 spiro atoms. The Labute approximate surface area is 458 Å². The number of imide groups is 1. The molecule has 2 saturated heterocycles. The lowest BCUT2D eigenvalue weighted by atomic mass is 9.84. The van der Waals surface area contributed by atoms with Gasteiger partial charge in [-0.2, -0.15) is 5.10 Å². The number of aromatic nitrogens is 4. The molecule has 17 heteroatoms. The third kappa shape index (κ3) is 11.4. The van der Waals surface area contributed by atoms with Gasteiger partial charge in [0.25, 0.3) is 5.91 Å². The molecule has 1 saturated carbocycles. The first-order valence-electron chi connectivity index (χ1n) is 27.6. The number of nitrogens with zero attached hydrogens (tertiary/aromatic N) is 7. The number of amides is 3. The SMILES string of the molecule is Cc1c(O[C@H]2CC[C@H](CCCCN3CCN(c4cc5c(cc4F)c(C4CCC(=O)NC4=O)nn5C)CC3)CC2)cccc1-c1ccc(N2CCc3cccc(C(=O)Nc4nc5ccccc5s4)c3C2)nc1C(=O)OC(C)(C)C. The first kappa shape index (κ1) is 52.8. The van der Waals surface area contributed by atoms with Gasteiger partial charge < -0.3 is 19.3 Å². The van der Waals surface area contributed by atoms with Gasteiger partial charge in [0.15, 0.2) is 10.8 Å². The third-order valence-corrected chi connectivity index (χ3v) is 17.0. The number of nitrogens with one attached hydrogen (secondary N) is 2. The number of piperazine rings is 1. The van der Waals surface area contributed by atoms with E-state index in [2.05, 4.69) is 41.5 Å². The normalized spacial score (nSPS) is 19.2. The lowest BCUT2D eigenvalue weighted by Crippen LogP contribution is -2.46. The van der Waals surface area contributed by atoms with Crippen LogP contribution >= 0.6 is 11.3 Å². The van der Waals surface area contributed by atoms with Crippen molar-refractivity contribution in [2.75, 3.05) is 54.4 Å². The highest BCUT2D eigenvalue weighted by molar-refractivity contribution is 7.22. The van der Waals surface area contributed by atoms with E-state index < -0.39 is 17.5 Å². The number of thiazole rings is 1. The fourth-order valence-electron chi connectivity index (χ4n) is 11.9. The molecule has 2 N–H and O–H groups in total. The largest absolute Gasteiger partial charge is 0.490 e. The Kier molecular flexibility index (Phi) is 15.1. The van der Waals surface area contributed by atoms with Crippen LogP contribution in [0.4, 0.5) is 21.0 Å². The maximum atomic E-state index is 15.7. The first-order valence-corrected chi connectivity index (χ1v) is 28.4. The number of ether oxygens (including phenoxy) is 2. The summed E-state index contributed by atoms with van der Waals surface area (Å²) in [5.41, 5.74) is 7.28. The number of hydrogen-bond donors (Lipinski definition) is 2. The number of hydrogen-bond acceptors (Lipinski definition) is 13. The van der Waals surface area contributed by atoms with Gasteiger partial charge in [-0.05, 0) is 156 Å². The van der Waals surface area contributed by atoms with Gasteiger partial charge in [-0.25, -0.2) is 19.2 Å². The summed E-state index contributed by atoms with van der Waals surface area (Å²) >= 11 is 1.45. The lowest BCUT2D eigenvalue weighted by Gasteiger charge is -2.36. The summed E-state index contributed by atoms with van der Waals surface area (Å²) in [4.78, 5) is 68.7. The highest BCUT2D eigenvalue weighted by Crippen LogP contribution is 2.39. The molecule has 3 aromatic heterocycles. The molecule has 11 rings (SSSR count). The average molecular weight is 1070 g/mol. The number of carbonyl (C=O) groups is 4. The summed E-state index contributed by atoms with van der Waals surface area (Å²) in [6.45, 7) is 12.9. The van der Waals surface area contributed by atoms with Crippen LogP contribution < -0.4 is 25.2 Å². The third-order valence-electron chi connectivity index (χ3n) is 16.1. The Morgan fingerprint density at radius 1 is 0.846 bits per heavy atom. The van der Waals surface area contributed by atoms with Crippen molar-refractivity contribution in [3.05, 3.63) is 124 Å². The van der Waals surface area contributed by atoms with Gasteiger partial charge in [-0.15, -0.1) is 0 Å². The molecule has 6 heterocycles. The van der Waals surface area contributed by atoms with Crippen molar-refractivity contribution in [2.24, 2.45) is 13.0 Å². The number of unbranched alkanes of at least 4 members (excludes halogenated alkanes) is 1. The number of halogens is 1. The van der Waals surface area contributed by atoms with E-state index in [0.29, 0.717) is 70.7 Å². The number of carbonyl (C=O) groups excluding carboxylic acids is 4. The smallest absolute Gasteiger partial charge is 0.358 e. The van der Waals surface area contributed by atoms with Crippen LogP contribution in [0, 0.1) is 18.7 Å². The molecule has 3 amide bonds. The molecular weight excluding hydrogens is 1010 g/mol. The van der Waals surface area contributed by atoms with Crippen molar-refractivity contribution in [1.82, 2.24) is 30.0 Å². The molecule has 406 valence electrons. The van der Waals surface area contributed by atoms with Crippen LogP contribution in [0.5, 0.6) is 5.75 Å². The Bertz CT molecular complexity index is 3390. The second kappa shape index (κ2) is 22.2. The second-order valence-electron chi connectivity index (χ2n) is 22.5. The van der Waals surface area contributed by atoms with E-state index in [1.807, 2.05) is 108 Å². The minimum absolute atomic E-state index is 0.100. The zero-order valence-electron chi connectivity index (χ0n) is 45.2. The first-order chi connectivity index (χ1) is 37.6. The maximum absolute atomic E-state index is 15.7. The van der Waals surface area contributed by atoms with E-state index in [1.54, 1.807) is 4.68 Å². The topological polar surface area (TPSA) is 164 Å². The molecule has 78 heavy (non-hydrogen) atoms. The van der Waals surface area contributed by atoms with E-state index in [1.165, 1.54) is 30.2 Å². The van der Waals surface area contributed by atoms with Crippen molar-refractivity contribution in [3.63, 3.8) is 0 Å². The number of esters is 1. The van der Waals surface area contributed by atoms with Crippen LogP contribution in [0.2, 0.25) is 0 Å². The molecule has 15 nitrogen and oxygen atoms in total. The molecule has 3 aliphatic heterocycles. The summed E-state index contributed by atoms with van der Waals surface area (Å²) in [7, 11) is 1.81. The Balaban J connectivity index is 0.679. The van der Waals surface area contributed by atoms with Crippen molar-refractivity contribution in [3.8, 4) is 16.9 Å². The molecule has 0 radical (unpaired) electrons.